The first-order chi connectivity index (χ1) is 8.60. The standard InChI is InChI=1S/C13H17BrN4/c1-9-4-5-11(12(14)6-9)13(15-2)7-10-8-18(3)17-16-10/h4-6,8,13,15H,7H2,1-3H3. The highest BCUT2D eigenvalue weighted by molar-refractivity contribution is 9.10. The molecule has 1 N–H and O–H groups in total. The maximum Gasteiger partial charge on any atom is 0.0845 e. The highest BCUT2D eigenvalue weighted by Crippen LogP contribution is 2.26. The minimum atomic E-state index is 0.233. The van der Waals surface area contributed by atoms with Crippen LogP contribution in [0.4, 0.5) is 0 Å². The van der Waals surface area contributed by atoms with Crippen LogP contribution in [0.15, 0.2) is 28.9 Å². The van der Waals surface area contributed by atoms with Gasteiger partial charge in [-0.15, -0.1) is 5.10 Å². The van der Waals surface area contributed by atoms with Crippen LogP contribution in [0.25, 0.3) is 0 Å². The maximum atomic E-state index is 4.13. The molecule has 0 aliphatic carbocycles. The fourth-order valence-corrected chi connectivity index (χ4v) is 2.75. The van der Waals surface area contributed by atoms with Gasteiger partial charge in [0.25, 0.3) is 0 Å². The van der Waals surface area contributed by atoms with Gasteiger partial charge in [0.1, 0.15) is 0 Å². The summed E-state index contributed by atoms with van der Waals surface area (Å²) >= 11 is 3.63. The summed E-state index contributed by atoms with van der Waals surface area (Å²) in [4.78, 5) is 0. The van der Waals surface area contributed by atoms with Crippen molar-refractivity contribution in [2.45, 2.75) is 19.4 Å². The van der Waals surface area contributed by atoms with Crippen molar-refractivity contribution < 1.29 is 0 Å². The molecule has 18 heavy (non-hydrogen) atoms. The summed E-state index contributed by atoms with van der Waals surface area (Å²) in [7, 11) is 3.85. The van der Waals surface area contributed by atoms with E-state index < -0.39 is 0 Å². The highest BCUT2D eigenvalue weighted by atomic mass is 79.9. The van der Waals surface area contributed by atoms with Gasteiger partial charge in [-0.25, -0.2) is 0 Å². The molecule has 0 aliphatic rings. The summed E-state index contributed by atoms with van der Waals surface area (Å²) in [6.45, 7) is 2.09. The molecule has 1 aromatic heterocycles. The number of rotatable bonds is 4. The van der Waals surface area contributed by atoms with E-state index in [2.05, 4.69) is 56.7 Å². The maximum absolute atomic E-state index is 4.13. The first kappa shape index (κ1) is 13.2. The van der Waals surface area contributed by atoms with Crippen molar-refractivity contribution in [2.24, 2.45) is 7.05 Å². The number of halogens is 1. The molecule has 0 radical (unpaired) electrons. The molecule has 0 fully saturated rings. The van der Waals surface area contributed by atoms with Crippen molar-refractivity contribution in [3.8, 4) is 0 Å². The molecule has 0 saturated heterocycles. The van der Waals surface area contributed by atoms with E-state index in [1.54, 1.807) is 4.68 Å². The van der Waals surface area contributed by atoms with Gasteiger partial charge in [0.2, 0.25) is 0 Å². The van der Waals surface area contributed by atoms with Crippen LogP contribution in [0.5, 0.6) is 0 Å². The monoisotopic (exact) mass is 308 g/mol. The van der Waals surface area contributed by atoms with Crippen LogP contribution >= 0.6 is 15.9 Å². The molecule has 96 valence electrons. The molecule has 0 saturated carbocycles. The Hall–Kier alpha value is -1.20. The van der Waals surface area contributed by atoms with Gasteiger partial charge in [0.15, 0.2) is 0 Å². The molecule has 5 heteroatoms. The third kappa shape index (κ3) is 2.97. The highest BCUT2D eigenvalue weighted by Gasteiger charge is 2.15. The Labute approximate surface area is 116 Å². The predicted molar refractivity (Wildman–Crippen MR) is 75.4 cm³/mol. The number of nitrogens with one attached hydrogen (secondary N) is 1. The summed E-state index contributed by atoms with van der Waals surface area (Å²) in [5.41, 5.74) is 3.48. The first-order valence-corrected chi connectivity index (χ1v) is 6.68. The minimum Gasteiger partial charge on any atom is -0.313 e. The Morgan fingerprint density at radius 2 is 2.22 bits per heavy atom. The number of aromatic nitrogens is 3. The second-order valence-corrected chi connectivity index (χ2v) is 5.31. The van der Waals surface area contributed by atoms with Gasteiger partial charge in [-0.05, 0) is 31.2 Å². The van der Waals surface area contributed by atoms with Crippen molar-refractivity contribution in [1.82, 2.24) is 20.3 Å². The van der Waals surface area contributed by atoms with E-state index in [0.717, 1.165) is 16.6 Å². The lowest BCUT2D eigenvalue weighted by molar-refractivity contribution is 0.581. The molecular formula is C13H17BrN4. The van der Waals surface area contributed by atoms with Crippen LogP contribution in [-0.4, -0.2) is 22.0 Å². The van der Waals surface area contributed by atoms with Crippen molar-refractivity contribution in [3.05, 3.63) is 45.7 Å². The van der Waals surface area contributed by atoms with Gasteiger partial charge in [0.05, 0.1) is 5.69 Å². The summed E-state index contributed by atoms with van der Waals surface area (Å²) < 4.78 is 2.86. The van der Waals surface area contributed by atoms with Gasteiger partial charge in [0, 0.05) is 30.2 Å². The van der Waals surface area contributed by atoms with Crippen molar-refractivity contribution in [2.75, 3.05) is 7.05 Å². The Balaban J connectivity index is 2.22. The molecule has 1 heterocycles. The zero-order chi connectivity index (χ0) is 13.1. The summed E-state index contributed by atoms with van der Waals surface area (Å²) in [5.74, 6) is 0. The summed E-state index contributed by atoms with van der Waals surface area (Å²) in [5, 5.41) is 11.4. The van der Waals surface area contributed by atoms with Crippen LogP contribution < -0.4 is 5.32 Å². The molecule has 0 bridgehead atoms. The SMILES string of the molecule is CNC(Cc1cn(C)nn1)c1ccc(C)cc1Br. The fraction of sp³-hybridized carbons (Fsp3) is 0.385. The van der Waals surface area contributed by atoms with Crippen LogP contribution in [0.3, 0.4) is 0 Å². The fourth-order valence-electron chi connectivity index (χ4n) is 1.98. The third-order valence-corrected chi connectivity index (χ3v) is 3.63. The number of aryl methyl sites for hydroxylation is 2. The molecule has 1 aromatic carbocycles. The molecule has 0 amide bonds. The molecule has 2 aromatic rings. The lowest BCUT2D eigenvalue weighted by Crippen LogP contribution is -2.19. The smallest absolute Gasteiger partial charge is 0.0845 e. The van der Waals surface area contributed by atoms with Crippen LogP contribution in [0, 0.1) is 6.92 Å². The van der Waals surface area contributed by atoms with E-state index in [1.807, 2.05) is 20.3 Å². The Morgan fingerprint density at radius 1 is 1.44 bits per heavy atom. The molecule has 1 unspecified atom stereocenters. The van der Waals surface area contributed by atoms with Crippen molar-refractivity contribution >= 4 is 15.9 Å². The summed E-state index contributed by atoms with van der Waals surface area (Å²) in [6.07, 6.45) is 2.78. The van der Waals surface area contributed by atoms with E-state index in [9.17, 15) is 0 Å². The Morgan fingerprint density at radius 3 is 2.78 bits per heavy atom. The molecule has 1 atom stereocenters. The van der Waals surface area contributed by atoms with Gasteiger partial charge in [-0.2, -0.15) is 0 Å². The molecule has 2 rings (SSSR count). The lowest BCUT2D eigenvalue weighted by Gasteiger charge is -2.17. The van der Waals surface area contributed by atoms with E-state index in [4.69, 9.17) is 0 Å². The number of hydrogen-bond acceptors (Lipinski definition) is 3. The second-order valence-electron chi connectivity index (χ2n) is 4.45. The minimum absolute atomic E-state index is 0.233. The van der Waals surface area contributed by atoms with E-state index in [0.29, 0.717) is 0 Å². The molecule has 0 aliphatic heterocycles. The van der Waals surface area contributed by atoms with Gasteiger partial charge in [-0.1, -0.05) is 33.3 Å². The average molecular weight is 309 g/mol. The average Bonchev–Trinajstić information content (AvgIpc) is 2.72. The zero-order valence-corrected chi connectivity index (χ0v) is 12.4. The van der Waals surface area contributed by atoms with Gasteiger partial charge < -0.3 is 5.32 Å². The van der Waals surface area contributed by atoms with Crippen LogP contribution in [0.2, 0.25) is 0 Å². The molecule has 0 spiro atoms. The van der Waals surface area contributed by atoms with E-state index >= 15 is 0 Å². The zero-order valence-electron chi connectivity index (χ0n) is 10.8. The topological polar surface area (TPSA) is 42.7 Å². The third-order valence-electron chi connectivity index (χ3n) is 2.94. The second kappa shape index (κ2) is 5.63. The van der Waals surface area contributed by atoms with Crippen molar-refractivity contribution in [1.29, 1.82) is 0 Å². The normalized spacial score (nSPS) is 12.7. The van der Waals surface area contributed by atoms with Crippen LogP contribution in [-0.2, 0) is 13.5 Å². The predicted octanol–water partition coefficient (Wildman–Crippen LogP) is 2.39. The Bertz CT molecular complexity index is 536. The number of nitrogens with zero attached hydrogens (tertiary/aromatic N) is 3. The largest absolute Gasteiger partial charge is 0.313 e. The Kier molecular flexibility index (Phi) is 4.14. The molecular weight excluding hydrogens is 292 g/mol. The van der Waals surface area contributed by atoms with Gasteiger partial charge in [-0.3, -0.25) is 4.68 Å². The van der Waals surface area contributed by atoms with E-state index in [-0.39, 0.29) is 6.04 Å². The van der Waals surface area contributed by atoms with Crippen molar-refractivity contribution in [3.63, 3.8) is 0 Å². The number of hydrogen-bond donors (Lipinski definition) is 1. The quantitative estimate of drug-likeness (QED) is 0.943. The van der Waals surface area contributed by atoms with Crippen LogP contribution in [0.1, 0.15) is 22.9 Å². The summed E-state index contributed by atoms with van der Waals surface area (Å²) in [6, 6.07) is 6.64. The number of benzene rings is 1. The van der Waals surface area contributed by atoms with Gasteiger partial charge >= 0.3 is 0 Å². The number of likely N-dealkylation sites (N-methyl/N-ethyl adjacent to an activating group) is 1. The molecule has 4 nitrogen and oxygen atoms in total. The lowest BCUT2D eigenvalue weighted by atomic mass is 10.0. The first-order valence-electron chi connectivity index (χ1n) is 5.88. The van der Waals surface area contributed by atoms with E-state index in [1.165, 1.54) is 11.1 Å².